The van der Waals surface area contributed by atoms with Gasteiger partial charge in [0.2, 0.25) is 0 Å². The van der Waals surface area contributed by atoms with Crippen LogP contribution in [0.15, 0.2) is 144 Å². The molecule has 301 valence electrons. The van der Waals surface area contributed by atoms with Gasteiger partial charge in [0.25, 0.3) is 0 Å². The van der Waals surface area contributed by atoms with Crippen molar-refractivity contribution in [3.05, 3.63) is 168 Å². The summed E-state index contributed by atoms with van der Waals surface area (Å²) in [5, 5.41) is 8.51. The van der Waals surface area contributed by atoms with Crippen LogP contribution in [-0.4, -0.2) is 22.6 Å². The van der Waals surface area contributed by atoms with Gasteiger partial charge in [0.15, 0.2) is 0 Å². The van der Waals surface area contributed by atoms with E-state index in [1.807, 2.05) is 36.4 Å². The standard InChI is InChI=1S/C35H23N2OS.C18H24NSi.Ir/c1-21-8-7-9-22(2)34(21)23-14-17-33-27(18-23)28(20-39-33)35-36-29-11-4-5-12-30(29)37(35)24-15-16-26-25-10-3-6-13-31(25)38-32(26)19-24;1-14(2)11-16-12-17(15-9-7-6-8-10-15)19-13-18(16)20(3,4)5;/h3-19H,1-2H3;6-9,12-14H,11H2,1-5H3;/q2*-1;. The van der Waals surface area contributed by atoms with Gasteiger partial charge in [-0.15, -0.1) is 41.3 Å². The molecular weight excluding hydrogens is 947 g/mol. The summed E-state index contributed by atoms with van der Waals surface area (Å²) in [6.45, 7) is 16.1. The summed E-state index contributed by atoms with van der Waals surface area (Å²) in [5.41, 5.74) is 14.5. The molecule has 7 heteroatoms. The maximum Gasteiger partial charge on any atom is 0.137 e. The maximum absolute atomic E-state index is 6.25. The third-order valence-corrected chi connectivity index (χ3v) is 14.0. The number of hydrogen-bond acceptors (Lipinski definition) is 4. The van der Waals surface area contributed by atoms with E-state index in [4.69, 9.17) is 9.40 Å². The van der Waals surface area contributed by atoms with Gasteiger partial charge >= 0.3 is 0 Å². The Morgan fingerprint density at radius 1 is 0.750 bits per heavy atom. The molecule has 0 fully saturated rings. The third kappa shape index (κ3) is 7.95. The van der Waals surface area contributed by atoms with Gasteiger partial charge in [-0.2, -0.15) is 0 Å². The maximum atomic E-state index is 6.25. The largest absolute Gasteiger partial charge is 0.456 e. The van der Waals surface area contributed by atoms with Gasteiger partial charge in [0, 0.05) is 48.8 Å². The Labute approximate surface area is 371 Å². The second-order valence-electron chi connectivity index (χ2n) is 16.9. The Balaban J connectivity index is 0.000000202. The number of pyridine rings is 1. The molecule has 0 spiro atoms. The summed E-state index contributed by atoms with van der Waals surface area (Å²) < 4.78 is 9.69. The fourth-order valence-electron chi connectivity index (χ4n) is 8.36. The first-order valence-corrected chi connectivity index (χ1v) is 24.7. The van der Waals surface area contributed by atoms with Gasteiger partial charge in [-0.05, 0) is 89.7 Å². The predicted octanol–water partition coefficient (Wildman–Crippen LogP) is 14.2. The average molecular weight is 994 g/mol. The summed E-state index contributed by atoms with van der Waals surface area (Å²) in [6, 6.07) is 49.8. The number of nitrogens with zero attached hydrogens (tertiary/aromatic N) is 3. The molecule has 0 N–H and O–H groups in total. The van der Waals surface area contributed by atoms with E-state index in [0.717, 1.165) is 67.7 Å². The number of rotatable bonds is 7. The Bertz CT molecular complexity index is 3110. The molecule has 0 aliphatic heterocycles. The minimum Gasteiger partial charge on any atom is -0.456 e. The monoisotopic (exact) mass is 994 g/mol. The molecule has 0 saturated heterocycles. The van der Waals surface area contributed by atoms with Crippen LogP contribution < -0.4 is 5.19 Å². The molecule has 0 atom stereocenters. The zero-order valence-electron chi connectivity index (χ0n) is 35.1. The smallest absolute Gasteiger partial charge is 0.137 e. The van der Waals surface area contributed by atoms with Crippen molar-refractivity contribution < 1.29 is 24.5 Å². The topological polar surface area (TPSA) is 43.9 Å². The summed E-state index contributed by atoms with van der Waals surface area (Å²) in [7, 11) is -1.34. The fourth-order valence-corrected chi connectivity index (χ4v) is 10.8. The van der Waals surface area contributed by atoms with Gasteiger partial charge in [-0.3, -0.25) is 16.3 Å². The second kappa shape index (κ2) is 16.9. The molecule has 10 rings (SSSR count). The Morgan fingerprint density at radius 2 is 1.50 bits per heavy atom. The minimum absolute atomic E-state index is 0. The number of imidazole rings is 1. The van der Waals surface area contributed by atoms with E-state index in [0.29, 0.717) is 5.92 Å². The molecule has 4 nitrogen and oxygen atoms in total. The number of benzene rings is 6. The van der Waals surface area contributed by atoms with Crippen LogP contribution in [0.5, 0.6) is 0 Å². The number of thiophene rings is 1. The van der Waals surface area contributed by atoms with E-state index in [9.17, 15) is 0 Å². The number of para-hydroxylation sites is 3. The Morgan fingerprint density at radius 3 is 2.27 bits per heavy atom. The van der Waals surface area contributed by atoms with Crippen LogP contribution in [0.3, 0.4) is 0 Å². The van der Waals surface area contributed by atoms with Crippen LogP contribution in [0.4, 0.5) is 0 Å². The molecule has 1 radical (unpaired) electrons. The van der Waals surface area contributed by atoms with Gasteiger partial charge in [-0.1, -0.05) is 127 Å². The molecule has 4 aromatic heterocycles. The van der Waals surface area contributed by atoms with Crippen LogP contribution in [0.1, 0.15) is 30.5 Å². The van der Waals surface area contributed by atoms with E-state index in [1.165, 1.54) is 43.1 Å². The van der Waals surface area contributed by atoms with Gasteiger partial charge in [0.1, 0.15) is 11.2 Å². The van der Waals surface area contributed by atoms with Crippen molar-refractivity contribution in [2.75, 3.05) is 0 Å². The number of furan rings is 1. The van der Waals surface area contributed by atoms with E-state index < -0.39 is 8.07 Å². The van der Waals surface area contributed by atoms with Crippen LogP contribution in [-0.2, 0) is 26.5 Å². The van der Waals surface area contributed by atoms with E-state index >= 15 is 0 Å². The number of fused-ring (bicyclic) bond motifs is 5. The van der Waals surface area contributed by atoms with Crippen LogP contribution in [0, 0.1) is 31.2 Å². The van der Waals surface area contributed by atoms with Crippen LogP contribution in [0.25, 0.3) is 82.5 Å². The van der Waals surface area contributed by atoms with E-state index in [1.54, 1.807) is 11.3 Å². The van der Waals surface area contributed by atoms with E-state index in [-0.39, 0.29) is 20.1 Å². The van der Waals surface area contributed by atoms with Crippen molar-refractivity contribution in [1.82, 2.24) is 14.5 Å². The zero-order valence-corrected chi connectivity index (χ0v) is 39.3. The molecule has 6 aromatic carbocycles. The first kappa shape index (κ1) is 41.3. The molecule has 0 aliphatic carbocycles. The average Bonchev–Trinajstić information content (AvgIpc) is 3.93. The number of aryl methyl sites for hydroxylation is 2. The van der Waals surface area contributed by atoms with E-state index in [2.05, 4.69) is 172 Å². The van der Waals surface area contributed by atoms with Crippen molar-refractivity contribution in [2.45, 2.75) is 53.8 Å². The second-order valence-corrected chi connectivity index (χ2v) is 22.8. The quantitative estimate of drug-likeness (QED) is 0.118. The molecule has 10 aromatic rings. The van der Waals surface area contributed by atoms with Crippen molar-refractivity contribution in [3.8, 4) is 39.5 Å². The van der Waals surface area contributed by atoms with Gasteiger partial charge in [-0.25, -0.2) is 0 Å². The molecular formula is C53H47IrN3OSSi-2. The predicted molar refractivity (Wildman–Crippen MR) is 253 cm³/mol. The summed E-state index contributed by atoms with van der Waals surface area (Å²) in [5.74, 6) is 1.55. The molecule has 60 heavy (non-hydrogen) atoms. The van der Waals surface area contributed by atoms with Gasteiger partial charge in [0.05, 0.1) is 24.9 Å². The molecule has 0 saturated carbocycles. The van der Waals surface area contributed by atoms with Gasteiger partial charge < -0.3 is 14.0 Å². The van der Waals surface area contributed by atoms with Crippen LogP contribution in [0.2, 0.25) is 19.6 Å². The fraction of sp³-hybridized carbons (Fsp3) is 0.170. The molecule has 4 heterocycles. The molecule has 0 aliphatic rings. The van der Waals surface area contributed by atoms with Crippen molar-refractivity contribution >= 4 is 67.7 Å². The van der Waals surface area contributed by atoms with Crippen LogP contribution >= 0.6 is 11.3 Å². The first-order chi connectivity index (χ1) is 28.5. The Hall–Kier alpha value is -5.43. The summed E-state index contributed by atoms with van der Waals surface area (Å²) in [4.78, 5) is 9.84. The zero-order chi connectivity index (χ0) is 40.8. The normalized spacial score (nSPS) is 11.7. The van der Waals surface area contributed by atoms with Crippen molar-refractivity contribution in [3.63, 3.8) is 0 Å². The van der Waals surface area contributed by atoms with Crippen molar-refractivity contribution in [1.29, 1.82) is 0 Å². The molecule has 0 amide bonds. The summed E-state index contributed by atoms with van der Waals surface area (Å²) >= 11 is 1.64. The first-order valence-electron chi connectivity index (χ1n) is 20.4. The minimum atomic E-state index is -1.34. The summed E-state index contributed by atoms with van der Waals surface area (Å²) in [6.07, 6.45) is 3.24. The van der Waals surface area contributed by atoms with Crippen molar-refractivity contribution in [2.24, 2.45) is 5.92 Å². The SMILES string of the molecule is CC(C)Cc1cc(-c2[c-]cccc2)ncc1[Si](C)(C)C.Cc1cccc(C)c1-c1ccc2s[c-]c(-c3nc4ccccc4n3-c3ccc4c(c3)oc3ccccc34)c2c1.[Ir]. The number of hydrogen-bond donors (Lipinski definition) is 0. The Kier molecular flexibility index (Phi) is 11.6. The number of aromatic nitrogens is 3. The third-order valence-electron chi connectivity index (χ3n) is 11.1. The molecule has 0 unspecified atom stereocenters. The molecule has 0 bridgehead atoms.